The molecule has 4 rings (SSSR count). The average Bonchev–Trinajstić information content (AvgIpc) is 3.28. The van der Waals surface area contributed by atoms with Crippen LogP contribution in [-0.2, 0) is 22.0 Å². The number of halogens is 5. The molecule has 0 amide bonds. The number of benzene rings is 2. The minimum atomic E-state index is -4.84. The van der Waals surface area contributed by atoms with E-state index in [0.29, 0.717) is 23.9 Å². The van der Waals surface area contributed by atoms with Crippen molar-refractivity contribution < 1.29 is 35.1 Å². The Labute approximate surface area is 195 Å². The van der Waals surface area contributed by atoms with E-state index in [2.05, 4.69) is 14.1 Å². The Morgan fingerprint density at radius 3 is 2.56 bits per heavy atom. The molecule has 0 aliphatic carbocycles. The van der Waals surface area contributed by atoms with E-state index in [1.165, 1.54) is 12.1 Å². The molecule has 1 aromatic heterocycles. The van der Waals surface area contributed by atoms with Gasteiger partial charge in [0, 0.05) is 41.3 Å². The summed E-state index contributed by atoms with van der Waals surface area (Å²) in [4.78, 5) is 4.44. The van der Waals surface area contributed by atoms with Gasteiger partial charge in [-0.15, -0.1) is 13.2 Å². The predicted molar refractivity (Wildman–Crippen MR) is 114 cm³/mol. The Morgan fingerprint density at radius 2 is 1.91 bits per heavy atom. The first kappa shape index (κ1) is 24.1. The highest BCUT2D eigenvalue weighted by Gasteiger charge is 2.37. The van der Waals surface area contributed by atoms with E-state index in [1.54, 1.807) is 18.7 Å². The molecule has 0 radical (unpaired) electrons. The second kappa shape index (κ2) is 8.34. The molecule has 0 atom stereocenters. The molecule has 0 spiro atoms. The Kier molecular flexibility index (Phi) is 5.92. The van der Waals surface area contributed by atoms with Gasteiger partial charge in [-0.05, 0) is 35.9 Å². The van der Waals surface area contributed by atoms with Crippen LogP contribution in [0.15, 0.2) is 41.6 Å². The van der Waals surface area contributed by atoms with Crippen LogP contribution in [0.3, 0.4) is 0 Å². The van der Waals surface area contributed by atoms with Crippen LogP contribution in [0.5, 0.6) is 5.75 Å². The molecule has 1 N–H and O–H groups in total. The summed E-state index contributed by atoms with van der Waals surface area (Å²) in [5, 5.41) is -0.103. The molecule has 0 unspecified atom stereocenters. The smallest absolute Gasteiger partial charge is 0.406 e. The highest BCUT2D eigenvalue weighted by Crippen LogP contribution is 2.43. The molecule has 0 saturated heterocycles. The van der Waals surface area contributed by atoms with Crippen LogP contribution >= 0.6 is 11.5 Å². The van der Waals surface area contributed by atoms with Gasteiger partial charge < -0.3 is 9.64 Å². The number of fused-ring (bicyclic) bond motifs is 1. The second-order valence-corrected chi connectivity index (χ2v) is 10.6. The van der Waals surface area contributed by atoms with E-state index >= 15 is 0 Å². The fraction of sp³-hybridized carbons (Fsp3) is 0.300. The lowest BCUT2D eigenvalue weighted by atomic mass is 9.87. The zero-order valence-electron chi connectivity index (χ0n) is 17.7. The monoisotopic (exact) mass is 520 g/mol. The SMILES string of the molecule is CC1(C)CN(Cc2cc(F)c(S(=O)(=O)Nc3ncns3)cc2F)c2ccc(OC(F)(F)F)cc21. The lowest BCUT2D eigenvalue weighted by Crippen LogP contribution is -2.28. The van der Waals surface area contributed by atoms with Gasteiger partial charge in [0.05, 0.1) is 0 Å². The van der Waals surface area contributed by atoms with Crippen molar-refractivity contribution in [2.24, 2.45) is 0 Å². The van der Waals surface area contributed by atoms with Crippen molar-refractivity contribution in [1.29, 1.82) is 0 Å². The van der Waals surface area contributed by atoms with Crippen LogP contribution in [0.1, 0.15) is 25.0 Å². The Hall–Kier alpha value is -3.00. The van der Waals surface area contributed by atoms with E-state index in [9.17, 15) is 30.4 Å². The summed E-state index contributed by atoms with van der Waals surface area (Å²) in [7, 11) is -4.44. The summed E-state index contributed by atoms with van der Waals surface area (Å²) in [5.74, 6) is -2.50. The number of sulfonamides is 1. The van der Waals surface area contributed by atoms with Crippen molar-refractivity contribution in [3.63, 3.8) is 0 Å². The summed E-state index contributed by atoms with van der Waals surface area (Å²) < 4.78 is 102. The molecular formula is C20H17F5N4O3S2. The third-order valence-corrected chi connectivity index (χ3v) is 7.26. The standard InChI is InChI=1S/C20H17F5N4O3S2/c1-19(2)9-29(16-4-3-12(6-13(16)19)32-20(23,24)25)8-11-5-15(22)17(7-14(11)21)34(30,31)28-18-26-10-27-33-18/h3-7,10H,8-9H2,1-2H3,(H,26,27,28). The molecule has 2 heterocycles. The number of hydrogen-bond donors (Lipinski definition) is 1. The third-order valence-electron chi connectivity index (χ3n) is 5.19. The molecule has 182 valence electrons. The summed E-state index contributed by atoms with van der Waals surface area (Å²) >= 11 is 0.731. The van der Waals surface area contributed by atoms with Gasteiger partial charge in [0.15, 0.2) is 0 Å². The second-order valence-electron chi connectivity index (χ2n) is 8.19. The van der Waals surface area contributed by atoms with Crippen LogP contribution in [0, 0.1) is 11.6 Å². The highest BCUT2D eigenvalue weighted by molar-refractivity contribution is 7.93. The first-order valence-electron chi connectivity index (χ1n) is 9.68. The van der Waals surface area contributed by atoms with Gasteiger partial charge in [0.2, 0.25) is 5.13 Å². The van der Waals surface area contributed by atoms with Crippen molar-refractivity contribution in [2.75, 3.05) is 16.2 Å². The summed E-state index contributed by atoms with van der Waals surface area (Å²) in [6.07, 6.45) is -3.74. The minimum Gasteiger partial charge on any atom is -0.406 e. The number of rotatable bonds is 6. The lowest BCUT2D eigenvalue weighted by molar-refractivity contribution is -0.274. The zero-order valence-corrected chi connectivity index (χ0v) is 19.3. The van der Waals surface area contributed by atoms with E-state index in [1.807, 2.05) is 4.72 Å². The predicted octanol–water partition coefficient (Wildman–Crippen LogP) is 4.81. The van der Waals surface area contributed by atoms with Crippen molar-refractivity contribution in [3.8, 4) is 5.75 Å². The molecule has 14 heteroatoms. The Balaban J connectivity index is 1.61. The normalized spacial score (nSPS) is 15.3. The fourth-order valence-corrected chi connectivity index (χ4v) is 5.54. The van der Waals surface area contributed by atoms with Gasteiger partial charge in [0.1, 0.15) is 28.6 Å². The van der Waals surface area contributed by atoms with E-state index in [0.717, 1.165) is 30.0 Å². The molecule has 0 saturated carbocycles. The summed E-state index contributed by atoms with van der Waals surface area (Å²) in [6.45, 7) is 3.77. The maximum atomic E-state index is 14.9. The first-order valence-corrected chi connectivity index (χ1v) is 11.9. The number of hydrogen-bond acceptors (Lipinski definition) is 7. The van der Waals surface area contributed by atoms with Gasteiger partial charge >= 0.3 is 6.36 Å². The van der Waals surface area contributed by atoms with E-state index in [4.69, 9.17) is 0 Å². The molecule has 3 aromatic rings. The highest BCUT2D eigenvalue weighted by atomic mass is 32.2. The van der Waals surface area contributed by atoms with Crippen molar-refractivity contribution in [3.05, 3.63) is 59.4 Å². The minimum absolute atomic E-state index is 0.103. The number of ether oxygens (including phenoxy) is 1. The van der Waals surface area contributed by atoms with Crippen LogP contribution in [0.4, 0.5) is 32.8 Å². The molecule has 34 heavy (non-hydrogen) atoms. The van der Waals surface area contributed by atoms with Crippen molar-refractivity contribution in [2.45, 2.75) is 37.1 Å². The summed E-state index contributed by atoms with van der Waals surface area (Å²) in [5.41, 5.74) is 0.362. The van der Waals surface area contributed by atoms with Crippen molar-refractivity contribution >= 4 is 32.4 Å². The molecule has 7 nitrogen and oxygen atoms in total. The lowest BCUT2D eigenvalue weighted by Gasteiger charge is -2.23. The Morgan fingerprint density at radius 1 is 1.18 bits per heavy atom. The molecular weight excluding hydrogens is 503 g/mol. The molecule has 1 aliphatic rings. The van der Waals surface area contributed by atoms with Gasteiger partial charge in [-0.1, -0.05) is 13.8 Å². The fourth-order valence-electron chi connectivity index (χ4n) is 3.81. The van der Waals surface area contributed by atoms with E-state index in [-0.39, 0.29) is 23.0 Å². The first-order chi connectivity index (χ1) is 15.7. The Bertz CT molecular complexity index is 1330. The van der Waals surface area contributed by atoms with Crippen LogP contribution in [-0.4, -0.2) is 30.7 Å². The van der Waals surface area contributed by atoms with E-state index < -0.39 is 38.3 Å². The maximum Gasteiger partial charge on any atom is 0.573 e. The number of anilines is 2. The quantitative estimate of drug-likeness (QED) is 0.470. The number of nitrogens with one attached hydrogen (secondary N) is 1. The van der Waals surface area contributed by atoms with Crippen LogP contribution < -0.4 is 14.4 Å². The molecule has 1 aliphatic heterocycles. The number of nitrogens with zero attached hydrogens (tertiary/aromatic N) is 3. The van der Waals surface area contributed by atoms with Crippen LogP contribution in [0.2, 0.25) is 0 Å². The molecule has 0 bridgehead atoms. The molecule has 2 aromatic carbocycles. The number of alkyl halides is 3. The summed E-state index contributed by atoms with van der Waals surface area (Å²) in [6, 6.07) is 5.21. The van der Waals surface area contributed by atoms with Gasteiger partial charge in [-0.2, -0.15) is 4.37 Å². The number of aromatic nitrogens is 2. The average molecular weight is 521 g/mol. The van der Waals surface area contributed by atoms with Crippen LogP contribution in [0.25, 0.3) is 0 Å². The zero-order chi connectivity index (χ0) is 24.9. The van der Waals surface area contributed by atoms with Gasteiger partial charge in [-0.25, -0.2) is 22.2 Å². The largest absolute Gasteiger partial charge is 0.573 e. The third kappa shape index (κ3) is 4.92. The van der Waals surface area contributed by atoms with Gasteiger partial charge in [0.25, 0.3) is 10.0 Å². The maximum absolute atomic E-state index is 14.9. The molecule has 0 fully saturated rings. The van der Waals surface area contributed by atoms with Gasteiger partial charge in [-0.3, -0.25) is 4.72 Å². The topological polar surface area (TPSA) is 84.4 Å². The van der Waals surface area contributed by atoms with Crippen molar-refractivity contribution in [1.82, 2.24) is 9.36 Å².